The van der Waals surface area contributed by atoms with Crippen LogP contribution >= 0.6 is 0 Å². The molecule has 1 atom stereocenters. The van der Waals surface area contributed by atoms with Gasteiger partial charge in [0, 0.05) is 13.1 Å². The summed E-state index contributed by atoms with van der Waals surface area (Å²) >= 11 is 0. The molecule has 0 saturated carbocycles. The molecule has 21 heavy (non-hydrogen) atoms. The van der Waals surface area contributed by atoms with Crippen molar-refractivity contribution in [2.75, 3.05) is 32.7 Å². The molecule has 0 spiro atoms. The Bertz CT molecular complexity index is 307. The summed E-state index contributed by atoms with van der Waals surface area (Å²) in [6.07, 6.45) is 2.08. The zero-order chi connectivity index (χ0) is 16.3. The number of carboxylic acids is 1. The summed E-state index contributed by atoms with van der Waals surface area (Å²) in [5.74, 6) is -0.968. The van der Waals surface area contributed by atoms with Gasteiger partial charge < -0.3 is 20.2 Å². The van der Waals surface area contributed by atoms with Crippen LogP contribution in [-0.4, -0.2) is 65.7 Å². The summed E-state index contributed by atoms with van der Waals surface area (Å²) in [6.45, 7) is 12.3. The summed E-state index contributed by atoms with van der Waals surface area (Å²) in [5.41, 5.74) is 0. The van der Waals surface area contributed by atoms with Gasteiger partial charge in [-0.2, -0.15) is 0 Å². The van der Waals surface area contributed by atoms with Gasteiger partial charge in [-0.3, -0.25) is 0 Å². The van der Waals surface area contributed by atoms with Crippen molar-refractivity contribution in [1.29, 1.82) is 0 Å². The predicted octanol–water partition coefficient (Wildman–Crippen LogP) is 2.00. The van der Waals surface area contributed by atoms with Crippen LogP contribution in [-0.2, 0) is 4.79 Å². The number of rotatable bonds is 11. The zero-order valence-corrected chi connectivity index (χ0v) is 13.9. The lowest BCUT2D eigenvalue weighted by molar-refractivity contribution is -0.139. The number of nitrogens with zero attached hydrogens (tertiary/aromatic N) is 2. The summed E-state index contributed by atoms with van der Waals surface area (Å²) in [7, 11) is 0. The van der Waals surface area contributed by atoms with E-state index in [1.165, 1.54) is 0 Å². The fourth-order valence-electron chi connectivity index (χ4n) is 2.21. The second-order valence-electron chi connectivity index (χ2n) is 5.09. The highest BCUT2D eigenvalue weighted by Gasteiger charge is 2.21. The van der Waals surface area contributed by atoms with E-state index in [1.807, 2.05) is 13.8 Å². The third-order valence-electron chi connectivity index (χ3n) is 3.64. The first-order chi connectivity index (χ1) is 9.99. The molecule has 0 aromatic heterocycles. The van der Waals surface area contributed by atoms with E-state index in [1.54, 1.807) is 4.90 Å². The van der Waals surface area contributed by atoms with Crippen molar-refractivity contribution >= 4 is 12.0 Å². The summed E-state index contributed by atoms with van der Waals surface area (Å²) in [4.78, 5) is 27.2. The molecule has 0 saturated heterocycles. The van der Waals surface area contributed by atoms with Crippen molar-refractivity contribution < 1.29 is 14.7 Å². The van der Waals surface area contributed by atoms with Gasteiger partial charge in [0.05, 0.1) is 0 Å². The Morgan fingerprint density at radius 1 is 1.05 bits per heavy atom. The molecule has 6 nitrogen and oxygen atoms in total. The number of nitrogens with one attached hydrogen (secondary N) is 1. The smallest absolute Gasteiger partial charge is 0.326 e. The Labute approximate surface area is 128 Å². The molecular formula is C15H31N3O3. The van der Waals surface area contributed by atoms with E-state index in [0.717, 1.165) is 32.5 Å². The van der Waals surface area contributed by atoms with Crippen molar-refractivity contribution in [3.05, 3.63) is 0 Å². The van der Waals surface area contributed by atoms with Crippen LogP contribution in [0.4, 0.5) is 4.79 Å². The van der Waals surface area contributed by atoms with Crippen molar-refractivity contribution in [2.24, 2.45) is 0 Å². The van der Waals surface area contributed by atoms with Crippen molar-refractivity contribution in [1.82, 2.24) is 15.1 Å². The number of urea groups is 1. The number of aliphatic carboxylic acids is 1. The van der Waals surface area contributed by atoms with Gasteiger partial charge in [-0.05, 0) is 39.4 Å². The van der Waals surface area contributed by atoms with E-state index < -0.39 is 12.0 Å². The number of hydrogen-bond acceptors (Lipinski definition) is 3. The first kappa shape index (κ1) is 19.7. The molecule has 0 aliphatic heterocycles. The third-order valence-corrected chi connectivity index (χ3v) is 3.64. The molecule has 0 heterocycles. The van der Waals surface area contributed by atoms with E-state index in [0.29, 0.717) is 19.5 Å². The summed E-state index contributed by atoms with van der Waals surface area (Å²) in [5, 5.41) is 11.7. The Hall–Kier alpha value is -1.30. The predicted molar refractivity (Wildman–Crippen MR) is 84.5 cm³/mol. The molecule has 6 heteroatoms. The lowest BCUT2D eigenvalue weighted by atomic mass is 10.2. The van der Waals surface area contributed by atoms with Gasteiger partial charge in [0.15, 0.2) is 0 Å². The molecule has 0 unspecified atom stereocenters. The monoisotopic (exact) mass is 301 g/mol. The van der Waals surface area contributed by atoms with Crippen LogP contribution in [0, 0.1) is 0 Å². The molecule has 0 aromatic carbocycles. The molecule has 0 aromatic rings. The molecule has 2 amide bonds. The van der Waals surface area contributed by atoms with Gasteiger partial charge in [0.1, 0.15) is 6.04 Å². The fourth-order valence-corrected chi connectivity index (χ4v) is 2.21. The molecule has 2 N–H and O–H groups in total. The average Bonchev–Trinajstić information content (AvgIpc) is 2.46. The minimum atomic E-state index is -0.968. The van der Waals surface area contributed by atoms with Gasteiger partial charge in [0.25, 0.3) is 0 Å². The highest BCUT2D eigenvalue weighted by molar-refractivity contribution is 5.82. The molecule has 0 aliphatic carbocycles. The number of carbonyl (C=O) groups is 2. The number of carboxylic acid groups (broad SMARTS) is 1. The van der Waals surface area contributed by atoms with Gasteiger partial charge in [0.2, 0.25) is 0 Å². The quantitative estimate of drug-likeness (QED) is 0.612. The van der Waals surface area contributed by atoms with E-state index >= 15 is 0 Å². The molecule has 0 radical (unpaired) electrons. The normalized spacial score (nSPS) is 12.2. The standard InChI is InChI=1S/C15H31N3O3/c1-5-10-13(14(19)20)16-15(21)18(8-4)12-9-11-17(6-2)7-3/h13H,5-12H2,1-4H3,(H,16,21)(H,19,20)/t13-/m1/s1. The van der Waals surface area contributed by atoms with E-state index in [2.05, 4.69) is 24.1 Å². The van der Waals surface area contributed by atoms with Crippen molar-refractivity contribution in [3.8, 4) is 0 Å². The SMILES string of the molecule is CCC[C@@H](NC(=O)N(CC)CCCN(CC)CC)C(=O)O. The first-order valence-corrected chi connectivity index (χ1v) is 8.00. The Morgan fingerprint density at radius 2 is 1.67 bits per heavy atom. The zero-order valence-electron chi connectivity index (χ0n) is 13.9. The number of carbonyl (C=O) groups excluding carboxylic acids is 1. The first-order valence-electron chi connectivity index (χ1n) is 8.00. The summed E-state index contributed by atoms with van der Waals surface area (Å²) < 4.78 is 0. The topological polar surface area (TPSA) is 72.9 Å². The molecular weight excluding hydrogens is 270 g/mol. The van der Waals surface area contributed by atoms with Crippen molar-refractivity contribution in [2.45, 2.75) is 53.0 Å². The minimum Gasteiger partial charge on any atom is -0.480 e. The van der Waals surface area contributed by atoms with E-state index in [-0.39, 0.29) is 6.03 Å². The van der Waals surface area contributed by atoms with Crippen LogP contribution in [0.25, 0.3) is 0 Å². The highest BCUT2D eigenvalue weighted by atomic mass is 16.4. The van der Waals surface area contributed by atoms with E-state index in [4.69, 9.17) is 5.11 Å². The molecule has 0 aliphatic rings. The average molecular weight is 301 g/mol. The van der Waals surface area contributed by atoms with Crippen LogP contribution < -0.4 is 5.32 Å². The van der Waals surface area contributed by atoms with Gasteiger partial charge in [-0.1, -0.05) is 27.2 Å². The lowest BCUT2D eigenvalue weighted by Crippen LogP contribution is -2.48. The van der Waals surface area contributed by atoms with Crippen molar-refractivity contribution in [3.63, 3.8) is 0 Å². The van der Waals surface area contributed by atoms with Gasteiger partial charge in [-0.25, -0.2) is 9.59 Å². The molecule has 124 valence electrons. The van der Waals surface area contributed by atoms with Crippen LogP contribution in [0.2, 0.25) is 0 Å². The molecule has 0 fully saturated rings. The van der Waals surface area contributed by atoms with Crippen LogP contribution in [0.5, 0.6) is 0 Å². The summed E-state index contributed by atoms with van der Waals surface area (Å²) in [6, 6.07) is -1.07. The van der Waals surface area contributed by atoms with Crippen LogP contribution in [0.3, 0.4) is 0 Å². The minimum absolute atomic E-state index is 0.280. The second kappa shape index (κ2) is 11.4. The largest absolute Gasteiger partial charge is 0.480 e. The Morgan fingerprint density at radius 3 is 2.10 bits per heavy atom. The maximum atomic E-state index is 12.1. The highest BCUT2D eigenvalue weighted by Crippen LogP contribution is 2.01. The third kappa shape index (κ3) is 7.90. The van der Waals surface area contributed by atoms with Crippen LogP contribution in [0.1, 0.15) is 47.0 Å². The number of amides is 2. The van der Waals surface area contributed by atoms with E-state index in [9.17, 15) is 9.59 Å². The van der Waals surface area contributed by atoms with Gasteiger partial charge in [-0.15, -0.1) is 0 Å². The fraction of sp³-hybridized carbons (Fsp3) is 0.867. The Kier molecular flexibility index (Phi) is 10.7. The van der Waals surface area contributed by atoms with Crippen LogP contribution in [0.15, 0.2) is 0 Å². The molecule has 0 rings (SSSR count). The maximum absolute atomic E-state index is 12.1. The molecule has 0 bridgehead atoms. The van der Waals surface area contributed by atoms with Gasteiger partial charge >= 0.3 is 12.0 Å². The Balaban J connectivity index is 4.31. The second-order valence-corrected chi connectivity index (χ2v) is 5.09. The number of hydrogen-bond donors (Lipinski definition) is 2. The maximum Gasteiger partial charge on any atom is 0.326 e. The lowest BCUT2D eigenvalue weighted by Gasteiger charge is -2.25.